The van der Waals surface area contributed by atoms with Crippen LogP contribution in [0.15, 0.2) is 42.6 Å². The Labute approximate surface area is 217 Å². The zero-order valence-corrected chi connectivity index (χ0v) is 22.9. The van der Waals surface area contributed by atoms with Crippen molar-refractivity contribution in [3.05, 3.63) is 70.0 Å². The van der Waals surface area contributed by atoms with Gasteiger partial charge >= 0.3 is 5.97 Å². The third-order valence-corrected chi connectivity index (χ3v) is 6.11. The van der Waals surface area contributed by atoms with Gasteiger partial charge in [0.05, 0.1) is 28.4 Å². The highest BCUT2D eigenvalue weighted by Crippen LogP contribution is 2.37. The average molecular weight is 512 g/mol. The molecular formula is C29H34ClNO5. The molecule has 3 aromatic rings. The first-order chi connectivity index (χ1) is 16.4. The quantitative estimate of drug-likeness (QED) is 0.349. The predicted octanol–water partition coefficient (Wildman–Crippen LogP) is 6.88. The number of carboxylic acids is 1. The van der Waals surface area contributed by atoms with Gasteiger partial charge in [0, 0.05) is 16.0 Å². The molecule has 0 unspecified atom stereocenters. The molecule has 7 heteroatoms. The molecular weight excluding hydrogens is 478 g/mol. The number of nitrogens with zero attached hydrogens (tertiary/aromatic N) is 1. The van der Waals surface area contributed by atoms with Crippen molar-refractivity contribution >= 4 is 34.7 Å². The van der Waals surface area contributed by atoms with Crippen molar-refractivity contribution in [2.75, 3.05) is 0 Å². The summed E-state index contributed by atoms with van der Waals surface area (Å²) in [6.45, 7) is 14.4. The molecule has 192 valence electrons. The summed E-state index contributed by atoms with van der Waals surface area (Å²) in [5, 5.41) is 10.4. The number of carbonyl (C=O) groups excluding carboxylic acids is 2. The largest absolute Gasteiger partial charge is 0.487 e. The summed E-state index contributed by atoms with van der Waals surface area (Å²) in [6.07, 6.45) is 1.70. The molecule has 0 spiro atoms. The van der Waals surface area contributed by atoms with E-state index < -0.39 is 22.4 Å². The van der Waals surface area contributed by atoms with Crippen LogP contribution in [0.5, 0.6) is 5.75 Å². The van der Waals surface area contributed by atoms with Crippen molar-refractivity contribution in [1.29, 1.82) is 0 Å². The molecule has 3 rings (SSSR count). The van der Waals surface area contributed by atoms with Crippen molar-refractivity contribution in [1.82, 2.24) is 4.40 Å². The lowest BCUT2D eigenvalue weighted by Gasteiger charge is -2.23. The van der Waals surface area contributed by atoms with Crippen LogP contribution >= 0.6 is 11.6 Å². The van der Waals surface area contributed by atoms with Gasteiger partial charge in [0.25, 0.3) is 0 Å². The Kier molecular flexibility index (Phi) is 7.17. The SMILES string of the molecule is CC(C)(C)Oc1ccc2c(C(=O)c3ccc(Cl)cc3)c(CC(C)(C)C(=O)O)c(C(=O)C(C)(C)C)n2c1. The molecule has 0 aliphatic carbocycles. The molecule has 0 saturated heterocycles. The Balaban J connectivity index is 2.43. The van der Waals surface area contributed by atoms with Crippen LogP contribution in [-0.4, -0.2) is 32.6 Å². The summed E-state index contributed by atoms with van der Waals surface area (Å²) in [5.41, 5.74) is -0.563. The van der Waals surface area contributed by atoms with Gasteiger partial charge in [0.2, 0.25) is 0 Å². The Hall–Kier alpha value is -3.12. The van der Waals surface area contributed by atoms with Crippen LogP contribution in [0.1, 0.15) is 87.4 Å². The molecule has 0 aliphatic rings. The van der Waals surface area contributed by atoms with Gasteiger partial charge in [-0.2, -0.15) is 0 Å². The minimum absolute atomic E-state index is 0.00864. The molecule has 6 nitrogen and oxygen atoms in total. The van der Waals surface area contributed by atoms with Crippen LogP contribution in [-0.2, 0) is 11.2 Å². The second-order valence-electron chi connectivity index (χ2n) is 11.8. The van der Waals surface area contributed by atoms with Gasteiger partial charge in [0.15, 0.2) is 11.6 Å². The number of carbonyl (C=O) groups is 3. The van der Waals surface area contributed by atoms with Gasteiger partial charge in [-0.3, -0.25) is 14.4 Å². The average Bonchev–Trinajstić information content (AvgIpc) is 3.03. The van der Waals surface area contributed by atoms with Gasteiger partial charge in [-0.05, 0) is 83.0 Å². The molecule has 0 radical (unpaired) electrons. The summed E-state index contributed by atoms with van der Waals surface area (Å²) >= 11 is 6.04. The molecule has 1 aromatic carbocycles. The molecule has 0 fully saturated rings. The van der Waals surface area contributed by atoms with Crippen molar-refractivity contribution in [3.63, 3.8) is 0 Å². The summed E-state index contributed by atoms with van der Waals surface area (Å²) in [4.78, 5) is 39.8. The number of rotatable bonds is 7. The first kappa shape index (κ1) is 27.5. The van der Waals surface area contributed by atoms with Crippen LogP contribution < -0.4 is 4.74 Å². The topological polar surface area (TPSA) is 85.1 Å². The molecule has 0 amide bonds. The van der Waals surface area contributed by atoms with E-state index in [-0.39, 0.29) is 18.0 Å². The normalized spacial score (nSPS) is 12.6. The minimum Gasteiger partial charge on any atom is -0.487 e. The standard InChI is InChI=1S/C29H34ClNO5/c1-27(2,3)25(33)23-20(15-29(7,8)26(34)35)22(24(32)17-9-11-18(30)12-10-17)21-14-13-19(16-31(21)23)36-28(4,5)6/h9-14,16H,15H2,1-8H3,(H,34,35). The first-order valence-corrected chi connectivity index (χ1v) is 12.2. The van der Waals surface area contributed by atoms with E-state index in [0.717, 1.165) is 0 Å². The number of ether oxygens (including phenoxy) is 1. The van der Waals surface area contributed by atoms with Crippen molar-refractivity contribution in [3.8, 4) is 5.75 Å². The number of fused-ring (bicyclic) bond motifs is 1. The lowest BCUT2D eigenvalue weighted by Crippen LogP contribution is -2.29. The van der Waals surface area contributed by atoms with Gasteiger partial charge in [0.1, 0.15) is 11.4 Å². The smallest absolute Gasteiger partial charge is 0.309 e. The van der Waals surface area contributed by atoms with Gasteiger partial charge < -0.3 is 14.2 Å². The van der Waals surface area contributed by atoms with Crippen LogP contribution in [0.4, 0.5) is 0 Å². The zero-order valence-electron chi connectivity index (χ0n) is 22.2. The highest BCUT2D eigenvalue weighted by molar-refractivity contribution is 6.30. The second-order valence-corrected chi connectivity index (χ2v) is 12.3. The van der Waals surface area contributed by atoms with E-state index in [1.165, 1.54) is 0 Å². The van der Waals surface area contributed by atoms with Gasteiger partial charge in [-0.25, -0.2) is 0 Å². The summed E-state index contributed by atoms with van der Waals surface area (Å²) in [7, 11) is 0. The van der Waals surface area contributed by atoms with E-state index in [1.54, 1.807) is 81.6 Å². The first-order valence-electron chi connectivity index (χ1n) is 11.9. The van der Waals surface area contributed by atoms with Crippen molar-refractivity contribution in [2.45, 2.75) is 67.4 Å². The Bertz CT molecular complexity index is 1340. The monoisotopic (exact) mass is 511 g/mol. The number of carboxylic acid groups (broad SMARTS) is 1. The summed E-state index contributed by atoms with van der Waals surface area (Å²) in [5.74, 6) is -0.995. The molecule has 0 bridgehead atoms. The van der Waals surface area contributed by atoms with E-state index in [1.807, 2.05) is 20.8 Å². The molecule has 1 N–H and O–H groups in total. The van der Waals surface area contributed by atoms with Crippen LogP contribution in [0.3, 0.4) is 0 Å². The van der Waals surface area contributed by atoms with Crippen LogP contribution in [0.2, 0.25) is 5.02 Å². The fraction of sp³-hybridized carbons (Fsp3) is 0.414. The maximum absolute atomic E-state index is 13.9. The van der Waals surface area contributed by atoms with E-state index in [4.69, 9.17) is 16.3 Å². The lowest BCUT2D eigenvalue weighted by molar-refractivity contribution is -0.146. The highest BCUT2D eigenvalue weighted by atomic mass is 35.5. The van der Waals surface area contributed by atoms with Crippen molar-refractivity contribution in [2.24, 2.45) is 10.8 Å². The number of aromatic nitrogens is 1. The third-order valence-electron chi connectivity index (χ3n) is 5.86. The Morgan fingerprint density at radius 3 is 2.00 bits per heavy atom. The fourth-order valence-corrected chi connectivity index (χ4v) is 4.12. The maximum Gasteiger partial charge on any atom is 0.309 e. The number of benzene rings is 1. The highest BCUT2D eigenvalue weighted by Gasteiger charge is 2.37. The maximum atomic E-state index is 13.9. The van der Waals surface area contributed by atoms with Crippen LogP contribution in [0.25, 0.3) is 5.52 Å². The molecule has 0 saturated carbocycles. The van der Waals surface area contributed by atoms with E-state index >= 15 is 0 Å². The fourth-order valence-electron chi connectivity index (χ4n) is 3.99. The van der Waals surface area contributed by atoms with Crippen LogP contribution in [0, 0.1) is 10.8 Å². The minimum atomic E-state index is -1.22. The van der Waals surface area contributed by atoms with Crippen molar-refractivity contribution < 1.29 is 24.2 Å². The summed E-state index contributed by atoms with van der Waals surface area (Å²) in [6, 6.07) is 10.0. The molecule has 2 aromatic heterocycles. The predicted molar refractivity (Wildman–Crippen MR) is 142 cm³/mol. The third kappa shape index (κ3) is 5.65. The summed E-state index contributed by atoms with van der Waals surface area (Å²) < 4.78 is 7.74. The van der Waals surface area contributed by atoms with E-state index in [9.17, 15) is 19.5 Å². The van der Waals surface area contributed by atoms with Gasteiger partial charge in [-0.1, -0.05) is 32.4 Å². The number of pyridine rings is 1. The number of ketones is 2. The lowest BCUT2D eigenvalue weighted by atomic mass is 9.80. The molecule has 2 heterocycles. The second kappa shape index (κ2) is 9.40. The molecule has 0 atom stereocenters. The number of halogens is 1. The number of Topliss-reactive ketones (excluding diaryl/α,β-unsaturated/α-hetero) is 1. The number of aliphatic carboxylic acids is 1. The van der Waals surface area contributed by atoms with E-state index in [0.29, 0.717) is 38.7 Å². The number of hydrogen-bond acceptors (Lipinski definition) is 4. The number of hydrogen-bond donors (Lipinski definition) is 1. The molecule has 0 aliphatic heterocycles. The Morgan fingerprint density at radius 1 is 0.917 bits per heavy atom. The van der Waals surface area contributed by atoms with E-state index in [2.05, 4.69) is 0 Å². The molecule has 36 heavy (non-hydrogen) atoms. The Morgan fingerprint density at radius 2 is 1.50 bits per heavy atom. The van der Waals surface area contributed by atoms with Gasteiger partial charge in [-0.15, -0.1) is 0 Å². The zero-order chi connectivity index (χ0) is 27.2.